The molecule has 0 radical (unpaired) electrons. The van der Waals surface area contributed by atoms with Gasteiger partial charge in [0.1, 0.15) is 0 Å². The van der Waals surface area contributed by atoms with Gasteiger partial charge in [0.05, 0.1) is 18.7 Å². The fourth-order valence-electron chi connectivity index (χ4n) is 3.30. The zero-order valence-corrected chi connectivity index (χ0v) is 10.1. The second kappa shape index (κ2) is 4.06. The number of imidazole rings is 1. The summed E-state index contributed by atoms with van der Waals surface area (Å²) in [5.41, 5.74) is 1.27. The van der Waals surface area contributed by atoms with Gasteiger partial charge in [-0.2, -0.15) is 0 Å². The van der Waals surface area contributed by atoms with Crippen molar-refractivity contribution >= 4 is 0 Å². The van der Waals surface area contributed by atoms with Crippen LogP contribution in [0.1, 0.15) is 25.0 Å². The minimum atomic E-state index is 0.542. The highest BCUT2D eigenvalue weighted by Gasteiger charge is 2.58. The maximum atomic E-state index is 5.86. The minimum Gasteiger partial charge on any atom is -0.497 e. The number of aromatic amines is 1. The highest BCUT2D eigenvalue weighted by molar-refractivity contribution is 5.26. The number of nitrogens with zero attached hydrogens (tertiary/aromatic N) is 1. The lowest BCUT2D eigenvalue weighted by Gasteiger charge is -2.24. The summed E-state index contributed by atoms with van der Waals surface area (Å²) in [4.78, 5) is 7.36. The second-order valence-electron chi connectivity index (χ2n) is 4.90. The van der Waals surface area contributed by atoms with E-state index in [9.17, 15) is 0 Å². The maximum absolute atomic E-state index is 5.86. The molecule has 1 aliphatic heterocycles. The van der Waals surface area contributed by atoms with Crippen molar-refractivity contribution in [3.05, 3.63) is 42.7 Å². The van der Waals surface area contributed by atoms with Gasteiger partial charge in [-0.1, -0.05) is 19.6 Å². The van der Waals surface area contributed by atoms with Crippen LogP contribution in [0.15, 0.2) is 37.0 Å². The molecular weight excluding hydrogens is 212 g/mol. The van der Waals surface area contributed by atoms with Crippen molar-refractivity contribution in [1.29, 1.82) is 0 Å². The molecule has 1 aromatic rings. The number of rotatable bonds is 3. The molecule has 0 amide bonds. The molecule has 2 heterocycles. The standard InChI is InChI=1S/C14H18N2O/c1-3-5-12-9(4-2)13-10(7-17-12)14(13)11-6-15-8-16-11/h3,5-6,8-10,13-14H,1,4,7H2,2H3,(H,15,16)/b12-5+/t9?,10-,13+,14?/m0/s1. The second-order valence-corrected chi connectivity index (χ2v) is 4.90. The van der Waals surface area contributed by atoms with Crippen molar-refractivity contribution in [2.75, 3.05) is 6.61 Å². The molecule has 2 unspecified atom stereocenters. The van der Waals surface area contributed by atoms with Crippen LogP contribution in [-0.4, -0.2) is 16.6 Å². The zero-order chi connectivity index (χ0) is 11.8. The molecule has 3 rings (SSSR count). The molecule has 0 bridgehead atoms. The van der Waals surface area contributed by atoms with Crippen LogP contribution in [0.25, 0.3) is 0 Å². The Morgan fingerprint density at radius 3 is 3.18 bits per heavy atom. The van der Waals surface area contributed by atoms with Gasteiger partial charge in [-0.05, 0) is 18.4 Å². The Labute approximate surface area is 102 Å². The average Bonchev–Trinajstić information content (AvgIpc) is 2.83. The number of fused-ring (bicyclic) bond motifs is 1. The molecule has 1 saturated carbocycles. The van der Waals surface area contributed by atoms with Gasteiger partial charge >= 0.3 is 0 Å². The van der Waals surface area contributed by atoms with E-state index in [4.69, 9.17) is 4.74 Å². The zero-order valence-electron chi connectivity index (χ0n) is 10.1. The van der Waals surface area contributed by atoms with E-state index in [2.05, 4.69) is 23.5 Å². The van der Waals surface area contributed by atoms with Crippen molar-refractivity contribution < 1.29 is 4.74 Å². The predicted octanol–water partition coefficient (Wildman–Crippen LogP) is 2.87. The lowest BCUT2D eigenvalue weighted by molar-refractivity contribution is 0.117. The van der Waals surface area contributed by atoms with Gasteiger partial charge < -0.3 is 9.72 Å². The van der Waals surface area contributed by atoms with Crippen LogP contribution >= 0.6 is 0 Å². The minimum absolute atomic E-state index is 0.542. The van der Waals surface area contributed by atoms with E-state index >= 15 is 0 Å². The smallest absolute Gasteiger partial charge is 0.0993 e. The lowest BCUT2D eigenvalue weighted by atomic mass is 9.93. The summed E-state index contributed by atoms with van der Waals surface area (Å²) in [6.45, 7) is 6.83. The molecule has 1 saturated heterocycles. The third kappa shape index (κ3) is 1.61. The molecule has 0 aromatic carbocycles. The molecule has 17 heavy (non-hydrogen) atoms. The van der Waals surface area contributed by atoms with Gasteiger partial charge in [-0.25, -0.2) is 4.98 Å². The molecular formula is C14H18N2O. The highest BCUT2D eigenvalue weighted by Crippen LogP contribution is 2.62. The quantitative estimate of drug-likeness (QED) is 0.867. The monoisotopic (exact) mass is 230 g/mol. The molecule has 4 atom stereocenters. The number of ether oxygens (including phenoxy) is 1. The van der Waals surface area contributed by atoms with E-state index in [-0.39, 0.29) is 0 Å². The Kier molecular flexibility index (Phi) is 2.54. The number of allylic oxidation sites excluding steroid dienone is 3. The summed E-state index contributed by atoms with van der Waals surface area (Å²) >= 11 is 0. The summed E-state index contributed by atoms with van der Waals surface area (Å²) in [6.07, 6.45) is 8.69. The van der Waals surface area contributed by atoms with Crippen LogP contribution in [0.5, 0.6) is 0 Å². The Balaban J connectivity index is 1.84. The number of hydrogen-bond acceptors (Lipinski definition) is 2. The van der Waals surface area contributed by atoms with Crippen LogP contribution in [0.4, 0.5) is 0 Å². The highest BCUT2D eigenvalue weighted by atomic mass is 16.5. The van der Waals surface area contributed by atoms with Gasteiger partial charge in [0.15, 0.2) is 0 Å². The molecule has 1 aliphatic carbocycles. The van der Waals surface area contributed by atoms with Gasteiger partial charge in [0, 0.05) is 29.6 Å². The summed E-state index contributed by atoms with van der Waals surface area (Å²) < 4.78 is 5.86. The van der Waals surface area contributed by atoms with E-state index < -0.39 is 0 Å². The van der Waals surface area contributed by atoms with Crippen LogP contribution in [-0.2, 0) is 4.74 Å². The fourth-order valence-corrected chi connectivity index (χ4v) is 3.30. The molecule has 0 spiro atoms. The maximum Gasteiger partial charge on any atom is 0.0993 e. The Morgan fingerprint density at radius 2 is 2.53 bits per heavy atom. The molecule has 1 N–H and O–H groups in total. The molecule has 90 valence electrons. The summed E-state index contributed by atoms with van der Waals surface area (Å²) in [6, 6.07) is 0. The Hall–Kier alpha value is -1.51. The topological polar surface area (TPSA) is 37.9 Å². The van der Waals surface area contributed by atoms with Gasteiger partial charge in [-0.3, -0.25) is 0 Å². The number of aromatic nitrogens is 2. The summed E-state index contributed by atoms with van der Waals surface area (Å²) in [5, 5.41) is 0. The van der Waals surface area contributed by atoms with E-state index in [1.807, 2.05) is 18.3 Å². The van der Waals surface area contributed by atoms with E-state index in [1.54, 1.807) is 6.33 Å². The number of H-pyrrole nitrogens is 1. The van der Waals surface area contributed by atoms with Crippen LogP contribution < -0.4 is 0 Å². The average molecular weight is 230 g/mol. The van der Waals surface area contributed by atoms with Crippen LogP contribution in [0.3, 0.4) is 0 Å². The normalized spacial score (nSPS) is 37.4. The van der Waals surface area contributed by atoms with Gasteiger partial charge in [0.2, 0.25) is 0 Å². The van der Waals surface area contributed by atoms with Crippen molar-refractivity contribution in [3.63, 3.8) is 0 Å². The third-order valence-corrected chi connectivity index (χ3v) is 4.10. The van der Waals surface area contributed by atoms with Gasteiger partial charge in [-0.15, -0.1) is 0 Å². The first kappa shape index (κ1) is 10.6. The predicted molar refractivity (Wildman–Crippen MR) is 66.3 cm³/mol. The number of hydrogen-bond donors (Lipinski definition) is 1. The summed E-state index contributed by atoms with van der Waals surface area (Å²) in [5.74, 6) is 3.66. The number of nitrogens with one attached hydrogen (secondary N) is 1. The lowest BCUT2D eigenvalue weighted by Crippen LogP contribution is -2.17. The SMILES string of the molecule is C=C/C=C1/OC[C@@H]2C(c3cnc[nH]3)[C@@H]2C1CC. The molecule has 2 fully saturated rings. The van der Waals surface area contributed by atoms with Crippen molar-refractivity contribution in [2.24, 2.45) is 17.8 Å². The first-order valence-corrected chi connectivity index (χ1v) is 6.30. The van der Waals surface area contributed by atoms with E-state index in [0.29, 0.717) is 17.8 Å². The largest absolute Gasteiger partial charge is 0.497 e. The molecule has 2 aliphatic rings. The van der Waals surface area contributed by atoms with Crippen LogP contribution in [0.2, 0.25) is 0 Å². The summed E-state index contributed by atoms with van der Waals surface area (Å²) in [7, 11) is 0. The molecule has 1 aromatic heterocycles. The van der Waals surface area contributed by atoms with Crippen molar-refractivity contribution in [2.45, 2.75) is 19.3 Å². The van der Waals surface area contributed by atoms with Crippen molar-refractivity contribution in [3.8, 4) is 0 Å². The van der Waals surface area contributed by atoms with Gasteiger partial charge in [0.25, 0.3) is 0 Å². The van der Waals surface area contributed by atoms with Crippen LogP contribution in [0, 0.1) is 17.8 Å². The van der Waals surface area contributed by atoms with Crippen molar-refractivity contribution in [1.82, 2.24) is 9.97 Å². The third-order valence-electron chi connectivity index (χ3n) is 4.10. The van der Waals surface area contributed by atoms with E-state index in [1.165, 1.54) is 5.69 Å². The first-order valence-electron chi connectivity index (χ1n) is 6.30. The molecule has 3 heteroatoms. The Bertz CT molecular complexity index is 435. The molecule has 3 nitrogen and oxygen atoms in total. The Morgan fingerprint density at radius 1 is 1.65 bits per heavy atom. The fraction of sp³-hybridized carbons (Fsp3) is 0.500. The van der Waals surface area contributed by atoms with E-state index in [0.717, 1.165) is 24.7 Å². The first-order chi connectivity index (χ1) is 8.36.